The molecule has 0 saturated heterocycles. The lowest BCUT2D eigenvalue weighted by atomic mass is 10.1. The average Bonchev–Trinajstić information content (AvgIpc) is 2.85. The lowest BCUT2D eigenvalue weighted by Crippen LogP contribution is -2.38. The number of fused-ring (bicyclic) bond motifs is 1. The molecule has 0 saturated carbocycles. The van der Waals surface area contributed by atoms with Gasteiger partial charge in [0.15, 0.2) is 0 Å². The second-order valence-corrected chi connectivity index (χ2v) is 6.92. The van der Waals surface area contributed by atoms with E-state index in [9.17, 15) is 9.18 Å². The number of hydrogen-bond donors (Lipinski definition) is 1. The van der Waals surface area contributed by atoms with Crippen molar-refractivity contribution in [3.05, 3.63) is 63.0 Å². The minimum atomic E-state index is -0.391. The summed E-state index contributed by atoms with van der Waals surface area (Å²) >= 11 is 2.05. The Labute approximate surface area is 149 Å². The van der Waals surface area contributed by atoms with Crippen LogP contribution in [0, 0.1) is 9.39 Å². The summed E-state index contributed by atoms with van der Waals surface area (Å²) in [5, 5.41) is 2.89. The number of nitrogens with one attached hydrogen (secondary N) is 1. The average molecular weight is 424 g/mol. The quantitative estimate of drug-likeness (QED) is 0.761. The lowest BCUT2D eigenvalue weighted by Gasteiger charge is -2.25. The zero-order chi connectivity index (χ0) is 16.4. The summed E-state index contributed by atoms with van der Waals surface area (Å²) in [6.07, 6.45) is 1.03. The van der Waals surface area contributed by atoms with Crippen molar-refractivity contribution in [2.75, 3.05) is 18.0 Å². The van der Waals surface area contributed by atoms with Crippen LogP contribution in [0.1, 0.15) is 22.8 Å². The zero-order valence-electron chi connectivity index (χ0n) is 12.9. The van der Waals surface area contributed by atoms with Crippen molar-refractivity contribution in [2.45, 2.75) is 19.4 Å². The fourth-order valence-electron chi connectivity index (χ4n) is 3.03. The standard InChI is InChI=1S/C18H18FIN2O/c1-12-10-13-4-2-3-5-17(13)22(12)9-8-21-18(23)15-11-14(19)6-7-16(15)20/h2-7,11-12H,8-10H2,1H3,(H,21,23). The van der Waals surface area contributed by atoms with Crippen LogP contribution in [0.4, 0.5) is 10.1 Å². The van der Waals surface area contributed by atoms with E-state index >= 15 is 0 Å². The fraction of sp³-hybridized carbons (Fsp3) is 0.278. The number of carbonyl (C=O) groups is 1. The van der Waals surface area contributed by atoms with Gasteiger partial charge in [0, 0.05) is 28.4 Å². The van der Waals surface area contributed by atoms with Crippen molar-refractivity contribution in [3.8, 4) is 0 Å². The molecule has 1 atom stereocenters. The van der Waals surface area contributed by atoms with E-state index < -0.39 is 5.82 Å². The van der Waals surface area contributed by atoms with Crippen LogP contribution in [0.3, 0.4) is 0 Å². The van der Waals surface area contributed by atoms with Crippen LogP contribution in [-0.4, -0.2) is 25.0 Å². The molecular weight excluding hydrogens is 406 g/mol. The van der Waals surface area contributed by atoms with Crippen LogP contribution in [0.15, 0.2) is 42.5 Å². The van der Waals surface area contributed by atoms with Gasteiger partial charge in [0.25, 0.3) is 5.91 Å². The molecule has 0 aliphatic carbocycles. The number of benzene rings is 2. The number of halogens is 2. The van der Waals surface area contributed by atoms with Gasteiger partial charge in [-0.05, 0) is 65.8 Å². The number of para-hydroxylation sites is 1. The first kappa shape index (κ1) is 16.2. The van der Waals surface area contributed by atoms with Crippen LogP contribution in [0.2, 0.25) is 0 Å². The molecule has 0 bridgehead atoms. The van der Waals surface area contributed by atoms with Gasteiger partial charge in [-0.15, -0.1) is 0 Å². The molecule has 5 heteroatoms. The molecule has 0 spiro atoms. The van der Waals surface area contributed by atoms with Crippen LogP contribution >= 0.6 is 22.6 Å². The Kier molecular flexibility index (Phi) is 4.84. The van der Waals surface area contributed by atoms with Gasteiger partial charge in [0.1, 0.15) is 5.82 Å². The van der Waals surface area contributed by atoms with Gasteiger partial charge >= 0.3 is 0 Å². The third kappa shape index (κ3) is 3.49. The third-order valence-electron chi connectivity index (χ3n) is 4.16. The molecule has 2 aromatic carbocycles. The molecular formula is C18H18FIN2O. The van der Waals surface area contributed by atoms with E-state index in [4.69, 9.17) is 0 Å². The first-order chi connectivity index (χ1) is 11.1. The molecule has 120 valence electrons. The molecule has 0 fully saturated rings. The number of rotatable bonds is 4. The molecule has 23 heavy (non-hydrogen) atoms. The molecule has 0 radical (unpaired) electrons. The smallest absolute Gasteiger partial charge is 0.252 e. The highest BCUT2D eigenvalue weighted by Gasteiger charge is 2.25. The fourth-order valence-corrected chi connectivity index (χ4v) is 3.61. The minimum absolute atomic E-state index is 0.228. The Morgan fingerprint density at radius 1 is 1.35 bits per heavy atom. The summed E-state index contributed by atoms with van der Waals surface area (Å²) in [4.78, 5) is 14.5. The van der Waals surface area contributed by atoms with Crippen molar-refractivity contribution >= 4 is 34.2 Å². The summed E-state index contributed by atoms with van der Waals surface area (Å²) < 4.78 is 14.1. The van der Waals surface area contributed by atoms with E-state index in [1.807, 2.05) is 28.7 Å². The SMILES string of the molecule is CC1Cc2ccccc2N1CCNC(=O)c1cc(F)ccc1I. The first-order valence-electron chi connectivity index (χ1n) is 7.64. The molecule has 1 heterocycles. The van der Waals surface area contributed by atoms with Gasteiger partial charge in [-0.1, -0.05) is 18.2 Å². The second-order valence-electron chi connectivity index (χ2n) is 5.76. The van der Waals surface area contributed by atoms with Crippen molar-refractivity contribution in [3.63, 3.8) is 0 Å². The van der Waals surface area contributed by atoms with Crippen LogP contribution in [0.25, 0.3) is 0 Å². The minimum Gasteiger partial charge on any atom is -0.367 e. The summed E-state index contributed by atoms with van der Waals surface area (Å²) in [7, 11) is 0. The normalized spacial score (nSPS) is 16.3. The van der Waals surface area contributed by atoms with Gasteiger partial charge in [0.2, 0.25) is 0 Å². The Morgan fingerprint density at radius 3 is 2.96 bits per heavy atom. The lowest BCUT2D eigenvalue weighted by molar-refractivity contribution is 0.0953. The molecule has 1 amide bonds. The number of hydrogen-bond acceptors (Lipinski definition) is 2. The Balaban J connectivity index is 1.61. The molecule has 0 aromatic heterocycles. The molecule has 2 aromatic rings. The Morgan fingerprint density at radius 2 is 2.13 bits per heavy atom. The highest BCUT2D eigenvalue weighted by molar-refractivity contribution is 14.1. The molecule has 3 rings (SSSR count). The molecule has 3 nitrogen and oxygen atoms in total. The summed E-state index contributed by atoms with van der Waals surface area (Å²) in [5.41, 5.74) is 2.99. The van der Waals surface area contributed by atoms with Gasteiger partial charge in [-0.2, -0.15) is 0 Å². The Hall–Kier alpha value is -1.63. The molecule has 1 aliphatic heterocycles. The predicted octanol–water partition coefficient (Wildman–Crippen LogP) is 3.61. The molecule has 1 N–H and O–H groups in total. The van der Waals surface area contributed by atoms with Gasteiger partial charge in [-0.25, -0.2) is 4.39 Å². The highest BCUT2D eigenvalue weighted by atomic mass is 127. The van der Waals surface area contributed by atoms with E-state index in [2.05, 4.69) is 35.3 Å². The monoisotopic (exact) mass is 424 g/mol. The maximum Gasteiger partial charge on any atom is 0.252 e. The van der Waals surface area contributed by atoms with E-state index in [0.29, 0.717) is 18.2 Å². The van der Waals surface area contributed by atoms with Gasteiger partial charge in [0.05, 0.1) is 5.56 Å². The van der Waals surface area contributed by atoms with E-state index in [1.165, 1.54) is 23.4 Å². The van der Waals surface area contributed by atoms with Crippen LogP contribution < -0.4 is 10.2 Å². The van der Waals surface area contributed by atoms with Crippen molar-refractivity contribution in [1.82, 2.24) is 5.32 Å². The van der Waals surface area contributed by atoms with E-state index in [1.54, 1.807) is 6.07 Å². The van der Waals surface area contributed by atoms with E-state index in [0.717, 1.165) is 16.5 Å². The molecule has 1 unspecified atom stereocenters. The Bertz CT molecular complexity index is 735. The summed E-state index contributed by atoms with van der Waals surface area (Å²) in [6, 6.07) is 13.1. The zero-order valence-corrected chi connectivity index (χ0v) is 15.0. The first-order valence-corrected chi connectivity index (χ1v) is 8.72. The number of amides is 1. The number of anilines is 1. The number of carbonyl (C=O) groups excluding carboxylic acids is 1. The van der Waals surface area contributed by atoms with Crippen LogP contribution in [-0.2, 0) is 6.42 Å². The summed E-state index contributed by atoms with van der Waals surface area (Å²) in [6.45, 7) is 3.47. The summed E-state index contributed by atoms with van der Waals surface area (Å²) in [5.74, 6) is -0.619. The topological polar surface area (TPSA) is 32.3 Å². The largest absolute Gasteiger partial charge is 0.367 e. The maximum atomic E-state index is 13.3. The van der Waals surface area contributed by atoms with Crippen molar-refractivity contribution in [1.29, 1.82) is 0 Å². The highest BCUT2D eigenvalue weighted by Crippen LogP contribution is 2.31. The number of nitrogens with zero attached hydrogens (tertiary/aromatic N) is 1. The van der Waals surface area contributed by atoms with Gasteiger partial charge in [-0.3, -0.25) is 4.79 Å². The third-order valence-corrected chi connectivity index (χ3v) is 5.10. The van der Waals surface area contributed by atoms with Gasteiger partial charge < -0.3 is 10.2 Å². The molecule has 1 aliphatic rings. The maximum absolute atomic E-state index is 13.3. The van der Waals surface area contributed by atoms with Crippen molar-refractivity contribution < 1.29 is 9.18 Å². The van der Waals surface area contributed by atoms with Crippen molar-refractivity contribution in [2.24, 2.45) is 0 Å². The van der Waals surface area contributed by atoms with Crippen LogP contribution in [0.5, 0.6) is 0 Å². The second kappa shape index (κ2) is 6.86. The predicted molar refractivity (Wildman–Crippen MR) is 98.4 cm³/mol. The van der Waals surface area contributed by atoms with E-state index in [-0.39, 0.29) is 5.91 Å².